The van der Waals surface area contributed by atoms with E-state index in [1.807, 2.05) is 48.5 Å². The number of hydrogen-bond acceptors (Lipinski definition) is 2. The second-order valence-corrected chi connectivity index (χ2v) is 6.41. The quantitative estimate of drug-likeness (QED) is 0.374. The summed E-state index contributed by atoms with van der Waals surface area (Å²) in [5.41, 5.74) is 1.98. The molecular weight excluding hydrogens is 320 g/mol. The van der Waals surface area contributed by atoms with Crippen molar-refractivity contribution in [3.8, 4) is 23.3 Å². The van der Waals surface area contributed by atoms with Crippen LogP contribution in [0.15, 0.2) is 48.5 Å². The number of hydrogen-bond donors (Lipinski definition) is 0. The first-order valence-electron chi connectivity index (χ1n) is 9.79. The standard InChI is InChI=1S/C24H30O2/c1-3-5-7-19-25-23-15-11-21(12-16-23)9-10-22-13-17-24(18-14-22)26-20-8-6-4-2/h11-18H,3-8,19-20H2,1-2H3. The van der Waals surface area contributed by atoms with Gasteiger partial charge in [-0.2, -0.15) is 0 Å². The van der Waals surface area contributed by atoms with Gasteiger partial charge >= 0.3 is 0 Å². The van der Waals surface area contributed by atoms with E-state index in [0.29, 0.717) is 0 Å². The average Bonchev–Trinajstić information content (AvgIpc) is 2.69. The van der Waals surface area contributed by atoms with Crippen molar-refractivity contribution in [2.75, 3.05) is 13.2 Å². The second kappa shape index (κ2) is 12.0. The topological polar surface area (TPSA) is 18.5 Å². The molecule has 0 aliphatic heterocycles. The smallest absolute Gasteiger partial charge is 0.119 e. The van der Waals surface area contributed by atoms with Crippen LogP contribution < -0.4 is 9.47 Å². The summed E-state index contributed by atoms with van der Waals surface area (Å²) >= 11 is 0. The summed E-state index contributed by atoms with van der Waals surface area (Å²) in [6.45, 7) is 5.96. The zero-order valence-corrected chi connectivity index (χ0v) is 16.1. The van der Waals surface area contributed by atoms with Gasteiger partial charge in [-0.15, -0.1) is 0 Å². The Kier molecular flexibility index (Phi) is 9.22. The van der Waals surface area contributed by atoms with Crippen LogP contribution in [0.25, 0.3) is 0 Å². The molecule has 0 heterocycles. The number of rotatable bonds is 10. The molecule has 0 N–H and O–H groups in total. The first-order valence-corrected chi connectivity index (χ1v) is 9.79. The molecule has 0 amide bonds. The van der Waals surface area contributed by atoms with E-state index >= 15 is 0 Å². The zero-order chi connectivity index (χ0) is 18.5. The zero-order valence-electron chi connectivity index (χ0n) is 16.1. The maximum absolute atomic E-state index is 5.72. The van der Waals surface area contributed by atoms with Crippen LogP contribution in [-0.2, 0) is 0 Å². The molecule has 0 saturated heterocycles. The normalized spacial score (nSPS) is 10.1. The molecule has 0 saturated carbocycles. The van der Waals surface area contributed by atoms with E-state index in [0.717, 1.165) is 48.7 Å². The third-order valence-corrected chi connectivity index (χ3v) is 4.09. The fraction of sp³-hybridized carbons (Fsp3) is 0.417. The third-order valence-electron chi connectivity index (χ3n) is 4.09. The van der Waals surface area contributed by atoms with Crippen LogP contribution in [0.3, 0.4) is 0 Å². The molecule has 0 aromatic heterocycles. The molecule has 2 aromatic rings. The van der Waals surface area contributed by atoms with Gasteiger partial charge in [0.05, 0.1) is 13.2 Å². The molecule has 0 radical (unpaired) electrons. The molecule has 26 heavy (non-hydrogen) atoms. The van der Waals surface area contributed by atoms with E-state index in [1.165, 1.54) is 25.7 Å². The molecule has 0 bridgehead atoms. The second-order valence-electron chi connectivity index (χ2n) is 6.41. The maximum atomic E-state index is 5.72. The third kappa shape index (κ3) is 7.66. The van der Waals surface area contributed by atoms with Gasteiger partial charge in [0.15, 0.2) is 0 Å². The highest BCUT2D eigenvalue weighted by molar-refractivity contribution is 5.45. The van der Waals surface area contributed by atoms with Gasteiger partial charge in [0.25, 0.3) is 0 Å². The molecule has 0 atom stereocenters. The van der Waals surface area contributed by atoms with E-state index in [2.05, 4.69) is 25.7 Å². The number of ether oxygens (including phenoxy) is 2. The molecule has 2 heteroatoms. The Bertz CT molecular complexity index is 615. The summed E-state index contributed by atoms with van der Waals surface area (Å²) in [4.78, 5) is 0. The lowest BCUT2D eigenvalue weighted by Crippen LogP contribution is -1.96. The summed E-state index contributed by atoms with van der Waals surface area (Å²) in [6, 6.07) is 16.0. The first-order chi connectivity index (χ1) is 12.8. The van der Waals surface area contributed by atoms with Gasteiger partial charge in [-0.1, -0.05) is 51.4 Å². The molecule has 0 spiro atoms. The monoisotopic (exact) mass is 350 g/mol. The largest absolute Gasteiger partial charge is 0.494 e. The number of benzene rings is 2. The molecule has 0 fully saturated rings. The lowest BCUT2D eigenvalue weighted by Gasteiger charge is -2.05. The van der Waals surface area contributed by atoms with Crippen molar-refractivity contribution in [1.82, 2.24) is 0 Å². The van der Waals surface area contributed by atoms with Crippen LogP contribution >= 0.6 is 0 Å². The summed E-state index contributed by atoms with van der Waals surface area (Å²) in [6.07, 6.45) is 7.07. The molecule has 0 aliphatic rings. The van der Waals surface area contributed by atoms with Crippen LogP contribution in [-0.4, -0.2) is 13.2 Å². The van der Waals surface area contributed by atoms with Gasteiger partial charge in [-0.05, 0) is 61.4 Å². The Morgan fingerprint density at radius 1 is 0.577 bits per heavy atom. The highest BCUT2D eigenvalue weighted by atomic mass is 16.5. The molecule has 138 valence electrons. The maximum Gasteiger partial charge on any atom is 0.119 e. The SMILES string of the molecule is CCCCCOc1ccc(C#Cc2ccc(OCCCCC)cc2)cc1. The Hall–Kier alpha value is -2.40. The minimum Gasteiger partial charge on any atom is -0.494 e. The first kappa shape index (κ1) is 19.9. The lowest BCUT2D eigenvalue weighted by atomic mass is 10.1. The van der Waals surface area contributed by atoms with Gasteiger partial charge in [0.2, 0.25) is 0 Å². The summed E-state index contributed by atoms with van der Waals surface area (Å²) < 4.78 is 11.4. The predicted octanol–water partition coefficient (Wildman–Crippen LogP) is 6.22. The van der Waals surface area contributed by atoms with Gasteiger partial charge < -0.3 is 9.47 Å². The Morgan fingerprint density at radius 3 is 1.31 bits per heavy atom. The van der Waals surface area contributed by atoms with Gasteiger partial charge in [-0.25, -0.2) is 0 Å². The van der Waals surface area contributed by atoms with E-state index < -0.39 is 0 Å². The molecule has 2 rings (SSSR count). The van der Waals surface area contributed by atoms with Gasteiger partial charge in [-0.3, -0.25) is 0 Å². The van der Waals surface area contributed by atoms with Crippen LogP contribution in [0, 0.1) is 11.8 Å². The van der Waals surface area contributed by atoms with Crippen molar-refractivity contribution >= 4 is 0 Å². The van der Waals surface area contributed by atoms with Crippen LogP contribution in [0.5, 0.6) is 11.5 Å². The molecule has 2 nitrogen and oxygen atoms in total. The fourth-order valence-electron chi connectivity index (χ4n) is 2.50. The fourth-order valence-corrected chi connectivity index (χ4v) is 2.50. The van der Waals surface area contributed by atoms with Crippen molar-refractivity contribution in [1.29, 1.82) is 0 Å². The van der Waals surface area contributed by atoms with Gasteiger partial charge in [0, 0.05) is 11.1 Å². The van der Waals surface area contributed by atoms with Crippen molar-refractivity contribution in [2.24, 2.45) is 0 Å². The van der Waals surface area contributed by atoms with E-state index in [4.69, 9.17) is 9.47 Å². The highest BCUT2D eigenvalue weighted by Crippen LogP contribution is 2.14. The summed E-state index contributed by atoms with van der Waals surface area (Å²) in [5.74, 6) is 8.22. The van der Waals surface area contributed by atoms with E-state index in [1.54, 1.807) is 0 Å². The highest BCUT2D eigenvalue weighted by Gasteiger charge is 1.96. The number of unbranched alkanes of at least 4 members (excludes halogenated alkanes) is 4. The predicted molar refractivity (Wildman–Crippen MR) is 109 cm³/mol. The Labute approximate surface area is 158 Å². The molecule has 0 unspecified atom stereocenters. The van der Waals surface area contributed by atoms with E-state index in [9.17, 15) is 0 Å². The van der Waals surface area contributed by atoms with Crippen molar-refractivity contribution < 1.29 is 9.47 Å². The summed E-state index contributed by atoms with van der Waals surface area (Å²) in [7, 11) is 0. The van der Waals surface area contributed by atoms with Crippen molar-refractivity contribution in [3.05, 3.63) is 59.7 Å². The minimum atomic E-state index is 0.783. The Balaban J connectivity index is 1.82. The van der Waals surface area contributed by atoms with Gasteiger partial charge in [0.1, 0.15) is 11.5 Å². The average molecular weight is 351 g/mol. The van der Waals surface area contributed by atoms with Crippen molar-refractivity contribution in [3.63, 3.8) is 0 Å². The van der Waals surface area contributed by atoms with E-state index in [-0.39, 0.29) is 0 Å². The molecule has 0 aliphatic carbocycles. The Morgan fingerprint density at radius 2 is 0.962 bits per heavy atom. The minimum absolute atomic E-state index is 0.783. The molecule has 2 aromatic carbocycles. The van der Waals surface area contributed by atoms with Crippen LogP contribution in [0.1, 0.15) is 63.5 Å². The summed E-state index contributed by atoms with van der Waals surface area (Å²) in [5, 5.41) is 0. The van der Waals surface area contributed by atoms with Crippen LogP contribution in [0.4, 0.5) is 0 Å². The molecular formula is C24H30O2. The lowest BCUT2D eigenvalue weighted by molar-refractivity contribution is 0.306. The van der Waals surface area contributed by atoms with Crippen LogP contribution in [0.2, 0.25) is 0 Å². The van der Waals surface area contributed by atoms with Crippen molar-refractivity contribution in [2.45, 2.75) is 52.4 Å².